The summed E-state index contributed by atoms with van der Waals surface area (Å²) < 4.78 is 0. The van der Waals surface area contributed by atoms with Crippen molar-refractivity contribution in [1.82, 2.24) is 0 Å². The summed E-state index contributed by atoms with van der Waals surface area (Å²) in [5.74, 6) is 0.659. The fraction of sp³-hybridized carbons (Fsp3) is 0.278. The van der Waals surface area contributed by atoms with Crippen molar-refractivity contribution in [3.8, 4) is 11.1 Å². The third-order valence-electron chi connectivity index (χ3n) is 3.52. The zero-order chi connectivity index (χ0) is 14.0. The van der Waals surface area contributed by atoms with Gasteiger partial charge in [-0.15, -0.1) is 0 Å². The van der Waals surface area contributed by atoms with Crippen molar-refractivity contribution in [1.29, 1.82) is 0 Å². The summed E-state index contributed by atoms with van der Waals surface area (Å²) in [4.78, 5) is 11.3. The highest BCUT2D eigenvalue weighted by atomic mass is 16.1. The van der Waals surface area contributed by atoms with Crippen LogP contribution < -0.4 is 0 Å². The van der Waals surface area contributed by atoms with Crippen LogP contribution in [0.5, 0.6) is 0 Å². The van der Waals surface area contributed by atoms with Crippen LogP contribution in [0.2, 0.25) is 0 Å². The molecule has 0 unspecified atom stereocenters. The Morgan fingerprint density at radius 3 is 2.00 bits per heavy atom. The molecule has 2 rings (SSSR count). The molecule has 0 N–H and O–H groups in total. The lowest BCUT2D eigenvalue weighted by Gasteiger charge is -2.11. The summed E-state index contributed by atoms with van der Waals surface area (Å²) in [6.07, 6.45) is 0. The van der Waals surface area contributed by atoms with Gasteiger partial charge in [0.2, 0.25) is 0 Å². The molecule has 19 heavy (non-hydrogen) atoms. The highest BCUT2D eigenvalue weighted by molar-refractivity contribution is 5.94. The number of ketones is 1. The Morgan fingerprint density at radius 2 is 1.53 bits per heavy atom. The maximum absolute atomic E-state index is 11.3. The van der Waals surface area contributed by atoms with Crippen molar-refractivity contribution in [3.05, 3.63) is 59.2 Å². The van der Waals surface area contributed by atoms with Crippen molar-refractivity contribution in [3.63, 3.8) is 0 Å². The zero-order valence-corrected chi connectivity index (χ0v) is 12.0. The molecule has 0 atom stereocenters. The van der Waals surface area contributed by atoms with Crippen molar-refractivity contribution >= 4 is 5.78 Å². The number of rotatable bonds is 3. The minimum absolute atomic E-state index is 0.109. The zero-order valence-electron chi connectivity index (χ0n) is 12.0. The molecule has 0 saturated carbocycles. The molecule has 98 valence electrons. The third-order valence-corrected chi connectivity index (χ3v) is 3.52. The van der Waals surface area contributed by atoms with Crippen LogP contribution in [0.1, 0.15) is 48.2 Å². The van der Waals surface area contributed by atoms with E-state index < -0.39 is 0 Å². The minimum atomic E-state index is 0.109. The van der Waals surface area contributed by atoms with E-state index in [1.807, 2.05) is 24.3 Å². The second-order valence-electron chi connectivity index (χ2n) is 5.36. The number of hydrogen-bond acceptors (Lipinski definition) is 1. The number of hydrogen-bond donors (Lipinski definition) is 0. The molecule has 2 aromatic carbocycles. The van der Waals surface area contributed by atoms with E-state index in [4.69, 9.17) is 0 Å². The predicted molar refractivity (Wildman–Crippen MR) is 80.7 cm³/mol. The van der Waals surface area contributed by atoms with Crippen LogP contribution in [0.15, 0.2) is 42.5 Å². The number of benzene rings is 2. The van der Waals surface area contributed by atoms with Crippen molar-refractivity contribution in [2.24, 2.45) is 0 Å². The molecule has 0 aliphatic heterocycles. The topological polar surface area (TPSA) is 17.1 Å². The largest absolute Gasteiger partial charge is 0.295 e. The molecule has 1 nitrogen and oxygen atoms in total. The van der Waals surface area contributed by atoms with Crippen LogP contribution in [0, 0.1) is 6.92 Å². The third kappa shape index (κ3) is 2.93. The van der Waals surface area contributed by atoms with Gasteiger partial charge >= 0.3 is 0 Å². The van der Waals surface area contributed by atoms with E-state index in [0.29, 0.717) is 5.92 Å². The van der Waals surface area contributed by atoms with Crippen molar-refractivity contribution in [2.45, 2.75) is 33.6 Å². The van der Waals surface area contributed by atoms with Gasteiger partial charge in [-0.25, -0.2) is 0 Å². The van der Waals surface area contributed by atoms with Crippen LogP contribution in [0.3, 0.4) is 0 Å². The van der Waals surface area contributed by atoms with Crippen LogP contribution >= 0.6 is 0 Å². The number of carbonyl (C=O) groups is 1. The Balaban J connectivity index is 2.37. The normalized spacial score (nSPS) is 10.8. The lowest BCUT2D eigenvalue weighted by atomic mass is 9.93. The standard InChI is InChI=1S/C18H20O/c1-12(2)18-10-9-17(11-13(18)3)16-7-5-15(6-8-16)14(4)19/h5-12H,1-4H3. The minimum Gasteiger partial charge on any atom is -0.295 e. The number of carbonyl (C=O) groups excluding carboxylic acids is 1. The van der Waals surface area contributed by atoms with E-state index >= 15 is 0 Å². The van der Waals surface area contributed by atoms with E-state index in [0.717, 1.165) is 11.1 Å². The molecule has 0 heterocycles. The van der Waals surface area contributed by atoms with E-state index in [1.54, 1.807) is 6.92 Å². The molecule has 0 aliphatic rings. The van der Waals surface area contributed by atoms with Gasteiger partial charge in [0.1, 0.15) is 0 Å². The second-order valence-corrected chi connectivity index (χ2v) is 5.36. The van der Waals surface area contributed by atoms with E-state index in [-0.39, 0.29) is 5.78 Å². The molecule has 0 radical (unpaired) electrons. The SMILES string of the molecule is CC(=O)c1ccc(-c2ccc(C(C)C)c(C)c2)cc1. The first-order chi connectivity index (χ1) is 8.99. The Bertz CT molecular complexity index is 592. The molecule has 0 spiro atoms. The maximum Gasteiger partial charge on any atom is 0.159 e. The monoisotopic (exact) mass is 252 g/mol. The van der Waals surface area contributed by atoms with Gasteiger partial charge in [-0.05, 0) is 42.0 Å². The molecule has 2 aromatic rings. The number of Topliss-reactive ketones (excluding diaryl/α,β-unsaturated/α-hetero) is 1. The van der Waals surface area contributed by atoms with E-state index in [9.17, 15) is 4.79 Å². The second kappa shape index (κ2) is 5.40. The first-order valence-corrected chi connectivity index (χ1v) is 6.71. The van der Waals surface area contributed by atoms with Gasteiger partial charge in [-0.3, -0.25) is 4.79 Å². The van der Waals surface area contributed by atoms with Gasteiger partial charge in [0.25, 0.3) is 0 Å². The molecule has 0 amide bonds. The highest BCUT2D eigenvalue weighted by Crippen LogP contribution is 2.26. The lowest BCUT2D eigenvalue weighted by molar-refractivity contribution is 0.101. The van der Waals surface area contributed by atoms with Crippen LogP contribution in [0.25, 0.3) is 11.1 Å². The maximum atomic E-state index is 11.3. The molecule has 0 bridgehead atoms. The van der Waals surface area contributed by atoms with Gasteiger partial charge < -0.3 is 0 Å². The Labute approximate surface area is 115 Å². The quantitative estimate of drug-likeness (QED) is 0.703. The summed E-state index contributed by atoms with van der Waals surface area (Å²) in [5, 5.41) is 0. The fourth-order valence-electron chi connectivity index (χ4n) is 2.40. The Hall–Kier alpha value is -1.89. The summed E-state index contributed by atoms with van der Waals surface area (Å²) in [6.45, 7) is 8.17. The molecular formula is C18H20O. The smallest absolute Gasteiger partial charge is 0.159 e. The van der Waals surface area contributed by atoms with Gasteiger partial charge in [0, 0.05) is 5.56 Å². The van der Waals surface area contributed by atoms with Crippen molar-refractivity contribution in [2.75, 3.05) is 0 Å². The van der Waals surface area contributed by atoms with Gasteiger partial charge in [-0.2, -0.15) is 0 Å². The van der Waals surface area contributed by atoms with Gasteiger partial charge in [0.05, 0.1) is 0 Å². The van der Waals surface area contributed by atoms with Crippen LogP contribution in [0.4, 0.5) is 0 Å². The van der Waals surface area contributed by atoms with Crippen molar-refractivity contribution < 1.29 is 4.79 Å². The van der Waals surface area contributed by atoms with Gasteiger partial charge in [-0.1, -0.05) is 56.3 Å². The summed E-state index contributed by atoms with van der Waals surface area (Å²) >= 11 is 0. The average molecular weight is 252 g/mol. The highest BCUT2D eigenvalue weighted by Gasteiger charge is 2.06. The first-order valence-electron chi connectivity index (χ1n) is 6.71. The molecule has 0 saturated heterocycles. The lowest BCUT2D eigenvalue weighted by Crippen LogP contribution is -1.93. The molecule has 1 heteroatoms. The summed E-state index contributed by atoms with van der Waals surface area (Å²) in [7, 11) is 0. The van der Waals surface area contributed by atoms with Gasteiger partial charge in [0.15, 0.2) is 5.78 Å². The summed E-state index contributed by atoms with van der Waals surface area (Å²) in [6, 6.07) is 14.4. The van der Waals surface area contributed by atoms with Crippen LogP contribution in [-0.2, 0) is 0 Å². The molecule has 0 fully saturated rings. The summed E-state index contributed by atoms with van der Waals surface area (Å²) in [5.41, 5.74) is 5.84. The Kier molecular flexibility index (Phi) is 3.84. The predicted octanol–water partition coefficient (Wildman–Crippen LogP) is 4.99. The number of aryl methyl sites for hydroxylation is 1. The molecule has 0 aliphatic carbocycles. The van der Waals surface area contributed by atoms with E-state index in [1.165, 1.54) is 16.7 Å². The van der Waals surface area contributed by atoms with E-state index in [2.05, 4.69) is 39.0 Å². The molecule has 0 aromatic heterocycles. The molecular weight excluding hydrogens is 232 g/mol. The fourth-order valence-corrected chi connectivity index (χ4v) is 2.40. The average Bonchev–Trinajstić information content (AvgIpc) is 2.38. The van der Waals surface area contributed by atoms with Crippen LogP contribution in [-0.4, -0.2) is 5.78 Å². The Morgan fingerprint density at radius 1 is 0.947 bits per heavy atom. The first kappa shape index (κ1) is 13.5.